The fourth-order valence-electron chi connectivity index (χ4n) is 4.10. The zero-order valence-electron chi connectivity index (χ0n) is 17.4. The smallest absolute Gasteiger partial charge is 0.251 e. The van der Waals surface area contributed by atoms with Gasteiger partial charge in [-0.1, -0.05) is 44.2 Å². The molecule has 0 spiro atoms. The summed E-state index contributed by atoms with van der Waals surface area (Å²) in [7, 11) is -3.60. The minimum absolute atomic E-state index is 0.167. The molecule has 0 saturated heterocycles. The zero-order chi connectivity index (χ0) is 21.0. The third kappa shape index (κ3) is 4.54. The van der Waals surface area contributed by atoms with Crippen LogP contribution in [0.15, 0.2) is 47.4 Å². The van der Waals surface area contributed by atoms with Crippen molar-refractivity contribution in [2.45, 2.75) is 50.8 Å². The molecule has 2 aromatic rings. The van der Waals surface area contributed by atoms with Crippen molar-refractivity contribution in [1.29, 1.82) is 0 Å². The van der Waals surface area contributed by atoms with Crippen LogP contribution in [0.1, 0.15) is 59.7 Å². The maximum absolute atomic E-state index is 12.9. The van der Waals surface area contributed by atoms with Gasteiger partial charge in [-0.3, -0.25) is 4.79 Å². The number of sulfonamides is 1. The number of fused-ring (bicyclic) bond motifs is 1. The highest BCUT2D eigenvalue weighted by atomic mass is 32.2. The van der Waals surface area contributed by atoms with Crippen LogP contribution in [0.25, 0.3) is 0 Å². The molecule has 29 heavy (non-hydrogen) atoms. The molecule has 0 heterocycles. The molecule has 0 aromatic heterocycles. The van der Waals surface area contributed by atoms with Crippen molar-refractivity contribution in [3.63, 3.8) is 0 Å². The van der Waals surface area contributed by atoms with Crippen molar-refractivity contribution in [3.8, 4) is 0 Å². The molecular weight excluding hydrogens is 384 g/mol. The molecule has 1 aliphatic carbocycles. The van der Waals surface area contributed by atoms with Gasteiger partial charge in [0.1, 0.15) is 0 Å². The van der Waals surface area contributed by atoms with Crippen LogP contribution >= 0.6 is 0 Å². The molecule has 0 fully saturated rings. The van der Waals surface area contributed by atoms with E-state index < -0.39 is 10.0 Å². The highest BCUT2D eigenvalue weighted by Gasteiger charge is 2.24. The third-order valence-electron chi connectivity index (χ3n) is 5.80. The van der Waals surface area contributed by atoms with Gasteiger partial charge in [0.15, 0.2) is 0 Å². The first-order chi connectivity index (χ1) is 13.9. The molecule has 0 saturated carbocycles. The lowest BCUT2D eigenvalue weighted by Crippen LogP contribution is -2.32. The third-order valence-corrected chi connectivity index (χ3v) is 7.85. The first kappa shape index (κ1) is 21.5. The normalized spacial score (nSPS) is 16.5. The van der Waals surface area contributed by atoms with Gasteiger partial charge in [-0.15, -0.1) is 0 Å². The number of hydrogen-bond acceptors (Lipinski definition) is 3. The highest BCUT2D eigenvalue weighted by molar-refractivity contribution is 7.89. The SMILES string of the molecule is CCN(CC)S(=O)(=O)c1ccc(C)c(C(=O)NC[C@H]2CCCc3ccccc32)c1. The summed E-state index contributed by atoms with van der Waals surface area (Å²) in [5, 5.41) is 3.04. The van der Waals surface area contributed by atoms with E-state index in [0.29, 0.717) is 31.1 Å². The predicted octanol–water partition coefficient (Wildman–Crippen LogP) is 3.88. The van der Waals surface area contributed by atoms with E-state index in [-0.39, 0.29) is 10.8 Å². The number of benzene rings is 2. The van der Waals surface area contributed by atoms with Crippen molar-refractivity contribution in [1.82, 2.24) is 9.62 Å². The van der Waals surface area contributed by atoms with E-state index in [1.807, 2.05) is 26.8 Å². The monoisotopic (exact) mass is 414 g/mol. The van der Waals surface area contributed by atoms with E-state index in [2.05, 4.69) is 23.5 Å². The molecule has 1 N–H and O–H groups in total. The Morgan fingerprint density at radius 2 is 1.86 bits per heavy atom. The molecular formula is C23H30N2O3S. The molecule has 6 heteroatoms. The summed E-state index contributed by atoms with van der Waals surface area (Å²) in [6.45, 7) is 6.81. The van der Waals surface area contributed by atoms with Gasteiger partial charge in [0.05, 0.1) is 4.90 Å². The van der Waals surface area contributed by atoms with Crippen molar-refractivity contribution in [2.75, 3.05) is 19.6 Å². The van der Waals surface area contributed by atoms with E-state index in [4.69, 9.17) is 0 Å². The lowest BCUT2D eigenvalue weighted by molar-refractivity contribution is 0.0949. The first-order valence-electron chi connectivity index (χ1n) is 10.3. The maximum Gasteiger partial charge on any atom is 0.251 e. The van der Waals surface area contributed by atoms with Gasteiger partial charge in [0.25, 0.3) is 5.91 Å². The highest BCUT2D eigenvalue weighted by Crippen LogP contribution is 2.31. The number of rotatable bonds is 7. The molecule has 0 bridgehead atoms. The van der Waals surface area contributed by atoms with E-state index in [9.17, 15) is 13.2 Å². The Labute approximate surface area is 174 Å². The lowest BCUT2D eigenvalue weighted by atomic mass is 9.83. The van der Waals surface area contributed by atoms with Crippen LogP contribution in [0.2, 0.25) is 0 Å². The summed E-state index contributed by atoms with van der Waals surface area (Å²) in [4.78, 5) is 13.1. The summed E-state index contributed by atoms with van der Waals surface area (Å²) >= 11 is 0. The molecule has 156 valence electrons. The number of aryl methyl sites for hydroxylation is 2. The average Bonchev–Trinajstić information content (AvgIpc) is 2.72. The molecule has 0 radical (unpaired) electrons. The van der Waals surface area contributed by atoms with Gasteiger partial charge in [0, 0.05) is 31.1 Å². The predicted molar refractivity (Wildman–Crippen MR) is 116 cm³/mol. The zero-order valence-corrected chi connectivity index (χ0v) is 18.3. The van der Waals surface area contributed by atoms with Gasteiger partial charge < -0.3 is 5.32 Å². The van der Waals surface area contributed by atoms with Crippen LogP contribution < -0.4 is 5.32 Å². The number of carbonyl (C=O) groups is 1. The average molecular weight is 415 g/mol. The Morgan fingerprint density at radius 1 is 1.14 bits per heavy atom. The summed E-state index contributed by atoms with van der Waals surface area (Å²) < 4.78 is 27.0. The van der Waals surface area contributed by atoms with Crippen LogP contribution in [-0.4, -0.2) is 38.3 Å². The van der Waals surface area contributed by atoms with Crippen LogP contribution in [0, 0.1) is 6.92 Å². The van der Waals surface area contributed by atoms with Crippen LogP contribution in [0.4, 0.5) is 0 Å². The lowest BCUT2D eigenvalue weighted by Gasteiger charge is -2.26. The van der Waals surface area contributed by atoms with Crippen molar-refractivity contribution < 1.29 is 13.2 Å². The van der Waals surface area contributed by atoms with E-state index in [0.717, 1.165) is 24.8 Å². The number of nitrogens with zero attached hydrogens (tertiary/aromatic N) is 1. The van der Waals surface area contributed by atoms with Crippen LogP contribution in [0.5, 0.6) is 0 Å². The number of nitrogens with one attached hydrogen (secondary N) is 1. The molecule has 1 atom stereocenters. The molecule has 5 nitrogen and oxygen atoms in total. The van der Waals surface area contributed by atoms with Crippen molar-refractivity contribution in [2.24, 2.45) is 0 Å². The Kier molecular flexibility index (Phi) is 6.75. The second-order valence-corrected chi connectivity index (χ2v) is 9.50. The van der Waals surface area contributed by atoms with Crippen LogP contribution in [-0.2, 0) is 16.4 Å². The number of hydrogen-bond donors (Lipinski definition) is 1. The molecule has 1 aliphatic rings. The molecule has 0 aliphatic heterocycles. The fraction of sp³-hybridized carbons (Fsp3) is 0.435. The summed E-state index contributed by atoms with van der Waals surface area (Å²) in [6.07, 6.45) is 3.26. The van der Waals surface area contributed by atoms with Crippen LogP contribution in [0.3, 0.4) is 0 Å². The molecule has 0 unspecified atom stereocenters. The Bertz CT molecular complexity index is 981. The maximum atomic E-state index is 12.9. The largest absolute Gasteiger partial charge is 0.351 e. The van der Waals surface area contributed by atoms with Crippen molar-refractivity contribution >= 4 is 15.9 Å². The topological polar surface area (TPSA) is 66.5 Å². The summed E-state index contributed by atoms with van der Waals surface area (Å²) in [5.41, 5.74) is 3.86. The van der Waals surface area contributed by atoms with Gasteiger partial charge in [-0.25, -0.2) is 8.42 Å². The molecule has 3 rings (SSSR count). The van der Waals surface area contributed by atoms with Gasteiger partial charge in [-0.2, -0.15) is 4.31 Å². The molecule has 1 amide bonds. The Morgan fingerprint density at radius 3 is 2.59 bits per heavy atom. The van der Waals surface area contributed by atoms with Gasteiger partial charge >= 0.3 is 0 Å². The minimum Gasteiger partial charge on any atom is -0.351 e. The second kappa shape index (κ2) is 9.09. The van der Waals surface area contributed by atoms with E-state index in [1.54, 1.807) is 12.1 Å². The first-order valence-corrected chi connectivity index (χ1v) is 11.8. The Hall–Kier alpha value is -2.18. The second-order valence-electron chi connectivity index (χ2n) is 7.56. The van der Waals surface area contributed by atoms with Crippen molar-refractivity contribution in [3.05, 3.63) is 64.7 Å². The number of amides is 1. The van der Waals surface area contributed by atoms with Gasteiger partial charge in [-0.05, 0) is 55.0 Å². The fourth-order valence-corrected chi connectivity index (χ4v) is 5.58. The molecule has 2 aromatic carbocycles. The van der Waals surface area contributed by atoms with E-state index >= 15 is 0 Å². The van der Waals surface area contributed by atoms with E-state index in [1.165, 1.54) is 21.5 Å². The summed E-state index contributed by atoms with van der Waals surface area (Å²) in [5.74, 6) is 0.0777. The van der Waals surface area contributed by atoms with Gasteiger partial charge in [0.2, 0.25) is 10.0 Å². The Balaban J connectivity index is 1.78. The quantitative estimate of drug-likeness (QED) is 0.748. The summed E-state index contributed by atoms with van der Waals surface area (Å²) in [6, 6.07) is 13.2. The number of carbonyl (C=O) groups excluding carboxylic acids is 1. The minimum atomic E-state index is -3.60. The standard InChI is InChI=1S/C23H30N2O3S/c1-4-25(5-2)29(27,28)20-14-13-17(3)22(15-20)23(26)24-16-19-11-8-10-18-9-6-7-12-21(18)19/h6-7,9,12-15,19H,4-5,8,10-11,16H2,1-3H3,(H,24,26)/t19-/m1/s1.